The third kappa shape index (κ3) is 9.51. The topological polar surface area (TPSA) is 151 Å². The number of carboxylic acids is 1. The smallest absolute Gasteiger partial charge is 0.326 e. The van der Waals surface area contributed by atoms with Gasteiger partial charge in [-0.25, -0.2) is 4.79 Å². The predicted octanol–water partition coefficient (Wildman–Crippen LogP) is 1.45. The van der Waals surface area contributed by atoms with E-state index in [9.17, 15) is 24.3 Å². The van der Waals surface area contributed by atoms with Gasteiger partial charge in [-0.15, -0.1) is 0 Å². The van der Waals surface area contributed by atoms with Gasteiger partial charge in [-0.05, 0) is 29.7 Å². The Labute approximate surface area is 202 Å². The van der Waals surface area contributed by atoms with Crippen molar-refractivity contribution in [3.63, 3.8) is 0 Å². The molecule has 0 heterocycles. The molecule has 0 aromatic heterocycles. The van der Waals surface area contributed by atoms with Gasteiger partial charge in [-0.1, -0.05) is 71.9 Å². The number of aliphatic carboxylic acids is 1. The molecule has 9 nitrogen and oxygen atoms in total. The van der Waals surface area contributed by atoms with Gasteiger partial charge in [0.05, 0.1) is 6.04 Å². The van der Waals surface area contributed by atoms with Gasteiger partial charge in [-0.3, -0.25) is 14.4 Å². The summed E-state index contributed by atoms with van der Waals surface area (Å²) in [5.41, 5.74) is 6.69. The molecule has 0 aliphatic heterocycles. The Hall–Kier alpha value is -2.94. The summed E-state index contributed by atoms with van der Waals surface area (Å²) in [7, 11) is 0. The minimum Gasteiger partial charge on any atom is -0.480 e. The van der Waals surface area contributed by atoms with Gasteiger partial charge in [0.2, 0.25) is 17.7 Å². The predicted molar refractivity (Wildman–Crippen MR) is 131 cm³/mol. The number of hydrogen-bond donors (Lipinski definition) is 5. The van der Waals surface area contributed by atoms with Crippen LogP contribution in [0.25, 0.3) is 0 Å². The third-order valence-corrected chi connectivity index (χ3v) is 5.51. The Balaban J connectivity index is 2.96. The zero-order chi connectivity index (χ0) is 26.0. The number of hydrogen-bond acceptors (Lipinski definition) is 5. The maximum absolute atomic E-state index is 13.1. The van der Waals surface area contributed by atoms with Gasteiger partial charge >= 0.3 is 5.97 Å². The van der Waals surface area contributed by atoms with Crippen LogP contribution in [0, 0.1) is 17.8 Å². The minimum atomic E-state index is -1.17. The number of amides is 3. The van der Waals surface area contributed by atoms with Crippen LogP contribution in [0.3, 0.4) is 0 Å². The molecule has 0 aliphatic rings. The summed E-state index contributed by atoms with van der Waals surface area (Å²) in [6.07, 6.45) is 0.473. The summed E-state index contributed by atoms with van der Waals surface area (Å²) in [4.78, 5) is 50.3. The van der Waals surface area contributed by atoms with Crippen molar-refractivity contribution in [3.8, 4) is 0 Å². The third-order valence-electron chi connectivity index (χ3n) is 5.51. The Bertz CT molecular complexity index is 826. The van der Waals surface area contributed by atoms with Crippen LogP contribution >= 0.6 is 0 Å². The zero-order valence-electron chi connectivity index (χ0n) is 21.0. The summed E-state index contributed by atoms with van der Waals surface area (Å²) < 4.78 is 0. The molecule has 4 unspecified atom stereocenters. The second-order valence-electron chi connectivity index (χ2n) is 9.78. The normalized spacial score (nSPS) is 14.9. The lowest BCUT2D eigenvalue weighted by atomic mass is 9.98. The molecule has 0 aliphatic carbocycles. The van der Waals surface area contributed by atoms with E-state index in [1.54, 1.807) is 38.1 Å². The second-order valence-corrected chi connectivity index (χ2v) is 9.78. The Morgan fingerprint density at radius 2 is 1.35 bits per heavy atom. The number of nitrogens with two attached hydrogens (primary N) is 1. The average molecular weight is 477 g/mol. The lowest BCUT2D eigenvalue weighted by Gasteiger charge is -2.28. The van der Waals surface area contributed by atoms with Crippen LogP contribution in [0.2, 0.25) is 0 Å². The molecule has 1 aromatic rings. The van der Waals surface area contributed by atoms with E-state index in [1.807, 2.05) is 33.8 Å². The summed E-state index contributed by atoms with van der Waals surface area (Å²) >= 11 is 0. The molecule has 0 fully saturated rings. The maximum atomic E-state index is 13.1. The number of carbonyl (C=O) groups is 4. The highest BCUT2D eigenvalue weighted by molar-refractivity contribution is 5.94. The number of carbonyl (C=O) groups excluding carboxylic acids is 3. The van der Waals surface area contributed by atoms with Gasteiger partial charge in [0.15, 0.2) is 0 Å². The molecular weight excluding hydrogens is 436 g/mol. The fourth-order valence-corrected chi connectivity index (χ4v) is 3.37. The standard InChI is InChI=1S/C25H40N4O5/c1-14(2)12-18(27-23(31)20(26)15(3)4)22(30)29-21(16(5)6)24(32)28-19(25(33)34)13-17-10-8-7-9-11-17/h7-11,14-16,18-21H,12-13,26H2,1-6H3,(H,27,31)(H,28,32)(H,29,30)(H,33,34). The maximum Gasteiger partial charge on any atom is 0.326 e. The van der Waals surface area contributed by atoms with E-state index in [0.29, 0.717) is 6.42 Å². The van der Waals surface area contributed by atoms with E-state index < -0.39 is 47.9 Å². The van der Waals surface area contributed by atoms with Crippen molar-refractivity contribution in [2.24, 2.45) is 23.5 Å². The van der Waals surface area contributed by atoms with Crippen molar-refractivity contribution in [3.05, 3.63) is 35.9 Å². The highest BCUT2D eigenvalue weighted by atomic mass is 16.4. The Morgan fingerprint density at radius 3 is 1.82 bits per heavy atom. The van der Waals surface area contributed by atoms with Crippen LogP contribution < -0.4 is 21.7 Å². The largest absolute Gasteiger partial charge is 0.480 e. The van der Waals surface area contributed by atoms with Gasteiger partial charge in [-0.2, -0.15) is 0 Å². The first-order valence-corrected chi connectivity index (χ1v) is 11.8. The quantitative estimate of drug-likeness (QED) is 0.291. The number of carboxylic acid groups (broad SMARTS) is 1. The first kappa shape index (κ1) is 29.1. The van der Waals surface area contributed by atoms with Crippen LogP contribution in [0.15, 0.2) is 30.3 Å². The highest BCUT2D eigenvalue weighted by Crippen LogP contribution is 2.10. The molecule has 0 radical (unpaired) electrons. The van der Waals surface area contributed by atoms with E-state index in [1.165, 1.54) is 0 Å². The highest BCUT2D eigenvalue weighted by Gasteiger charge is 2.32. The molecule has 1 rings (SSSR count). The fraction of sp³-hybridized carbons (Fsp3) is 0.600. The summed E-state index contributed by atoms with van der Waals surface area (Å²) in [6, 6.07) is 5.21. The van der Waals surface area contributed by atoms with Gasteiger partial charge in [0, 0.05) is 6.42 Å². The van der Waals surface area contributed by atoms with Crippen molar-refractivity contribution >= 4 is 23.7 Å². The van der Waals surface area contributed by atoms with Crippen LogP contribution in [-0.2, 0) is 25.6 Å². The molecule has 6 N–H and O–H groups in total. The van der Waals surface area contributed by atoms with E-state index in [4.69, 9.17) is 5.73 Å². The SMILES string of the molecule is CC(C)CC(NC(=O)C(N)C(C)C)C(=O)NC(C(=O)NC(Cc1ccccc1)C(=O)O)C(C)C. The lowest BCUT2D eigenvalue weighted by molar-refractivity contribution is -0.142. The van der Waals surface area contributed by atoms with Gasteiger partial charge in [0.1, 0.15) is 18.1 Å². The van der Waals surface area contributed by atoms with Crippen LogP contribution in [-0.4, -0.2) is 53.0 Å². The van der Waals surface area contributed by atoms with E-state index in [2.05, 4.69) is 16.0 Å². The lowest BCUT2D eigenvalue weighted by Crippen LogP contribution is -2.59. The molecule has 9 heteroatoms. The Kier molecular flexibility index (Phi) is 11.7. The molecule has 0 saturated carbocycles. The second kappa shape index (κ2) is 13.7. The van der Waals surface area contributed by atoms with Crippen LogP contribution in [0.1, 0.15) is 53.5 Å². The van der Waals surface area contributed by atoms with Crippen molar-refractivity contribution in [1.29, 1.82) is 0 Å². The first-order chi connectivity index (χ1) is 15.8. The van der Waals surface area contributed by atoms with E-state index >= 15 is 0 Å². The van der Waals surface area contributed by atoms with Crippen molar-refractivity contribution in [1.82, 2.24) is 16.0 Å². The molecule has 0 saturated heterocycles. The summed E-state index contributed by atoms with van der Waals surface area (Å²) in [6.45, 7) is 11.0. The van der Waals surface area contributed by atoms with Crippen LogP contribution in [0.4, 0.5) is 0 Å². The first-order valence-electron chi connectivity index (χ1n) is 11.8. The molecule has 1 aromatic carbocycles. The van der Waals surface area contributed by atoms with Gasteiger partial charge in [0.25, 0.3) is 0 Å². The number of nitrogens with one attached hydrogen (secondary N) is 3. The number of benzene rings is 1. The average Bonchev–Trinajstić information content (AvgIpc) is 2.75. The monoisotopic (exact) mass is 476 g/mol. The number of rotatable bonds is 13. The fourth-order valence-electron chi connectivity index (χ4n) is 3.37. The van der Waals surface area contributed by atoms with Crippen molar-refractivity contribution in [2.45, 2.75) is 78.6 Å². The molecule has 3 amide bonds. The molecule has 0 bridgehead atoms. The minimum absolute atomic E-state index is 0.0971. The van der Waals surface area contributed by atoms with Crippen LogP contribution in [0.5, 0.6) is 0 Å². The van der Waals surface area contributed by atoms with Gasteiger partial charge < -0.3 is 26.8 Å². The Morgan fingerprint density at radius 1 is 0.794 bits per heavy atom. The summed E-state index contributed by atoms with van der Waals surface area (Å²) in [5, 5.41) is 17.6. The molecular formula is C25H40N4O5. The molecule has 0 spiro atoms. The molecule has 34 heavy (non-hydrogen) atoms. The zero-order valence-corrected chi connectivity index (χ0v) is 21.0. The summed E-state index contributed by atoms with van der Waals surface area (Å²) in [5.74, 6) is -3.03. The van der Waals surface area contributed by atoms with E-state index in [0.717, 1.165) is 5.56 Å². The molecule has 190 valence electrons. The van der Waals surface area contributed by atoms with Crippen molar-refractivity contribution < 1.29 is 24.3 Å². The molecule has 4 atom stereocenters. The van der Waals surface area contributed by atoms with E-state index in [-0.39, 0.29) is 24.2 Å². The van der Waals surface area contributed by atoms with Crippen molar-refractivity contribution in [2.75, 3.05) is 0 Å².